The SMILES string of the molecule is CCCCN(C)S(=O)(=O)c1c(C)c(C)c(C)c(C)c1C. The summed E-state index contributed by atoms with van der Waals surface area (Å²) in [5.74, 6) is 0. The van der Waals surface area contributed by atoms with Gasteiger partial charge in [0.2, 0.25) is 10.0 Å². The Kier molecular flexibility index (Phi) is 5.39. The minimum Gasteiger partial charge on any atom is -0.207 e. The zero-order valence-electron chi connectivity index (χ0n) is 13.8. The van der Waals surface area contributed by atoms with Gasteiger partial charge in [0.25, 0.3) is 0 Å². The van der Waals surface area contributed by atoms with Gasteiger partial charge in [-0.15, -0.1) is 0 Å². The van der Waals surface area contributed by atoms with Crippen molar-refractivity contribution in [3.63, 3.8) is 0 Å². The average Bonchev–Trinajstić information content (AvgIpc) is 2.40. The molecule has 0 heterocycles. The number of nitrogens with zero attached hydrogens (tertiary/aromatic N) is 1. The minimum absolute atomic E-state index is 0.497. The second-order valence-corrected chi connectivity index (χ2v) is 7.62. The summed E-state index contributed by atoms with van der Waals surface area (Å²) in [6.45, 7) is 12.5. The van der Waals surface area contributed by atoms with Gasteiger partial charge >= 0.3 is 0 Å². The molecular formula is C16H27NO2S. The van der Waals surface area contributed by atoms with Crippen molar-refractivity contribution in [3.05, 3.63) is 27.8 Å². The summed E-state index contributed by atoms with van der Waals surface area (Å²) in [6, 6.07) is 0. The monoisotopic (exact) mass is 297 g/mol. The van der Waals surface area contributed by atoms with Gasteiger partial charge in [0.1, 0.15) is 0 Å². The molecule has 0 aliphatic rings. The predicted octanol–water partition coefficient (Wildman–Crippen LogP) is 3.65. The Labute approximate surface area is 124 Å². The van der Waals surface area contributed by atoms with Crippen LogP contribution in [0.5, 0.6) is 0 Å². The lowest BCUT2D eigenvalue weighted by molar-refractivity contribution is 0.458. The van der Waals surface area contributed by atoms with Crippen LogP contribution < -0.4 is 0 Å². The van der Waals surface area contributed by atoms with Crippen molar-refractivity contribution in [2.45, 2.75) is 59.3 Å². The van der Waals surface area contributed by atoms with E-state index in [-0.39, 0.29) is 0 Å². The second-order valence-electron chi connectivity index (χ2n) is 5.63. The van der Waals surface area contributed by atoms with E-state index in [0.29, 0.717) is 11.4 Å². The predicted molar refractivity (Wildman–Crippen MR) is 84.9 cm³/mol. The van der Waals surface area contributed by atoms with Crippen molar-refractivity contribution in [1.82, 2.24) is 4.31 Å². The third-order valence-electron chi connectivity index (χ3n) is 4.43. The van der Waals surface area contributed by atoms with Crippen molar-refractivity contribution in [1.29, 1.82) is 0 Å². The molecule has 0 amide bonds. The standard InChI is InChI=1S/C16H27NO2S/c1-8-9-10-17(7)20(18,19)16-14(5)12(3)11(2)13(4)15(16)6/h8-10H2,1-7H3. The highest BCUT2D eigenvalue weighted by molar-refractivity contribution is 7.89. The van der Waals surface area contributed by atoms with Crippen molar-refractivity contribution in [3.8, 4) is 0 Å². The number of hydrogen-bond acceptors (Lipinski definition) is 2. The van der Waals surface area contributed by atoms with Crippen molar-refractivity contribution in [2.75, 3.05) is 13.6 Å². The molecule has 0 aromatic heterocycles. The van der Waals surface area contributed by atoms with Crippen LogP contribution in [-0.4, -0.2) is 26.3 Å². The summed E-state index contributed by atoms with van der Waals surface area (Å²) in [5.41, 5.74) is 5.11. The molecule has 0 aliphatic carbocycles. The molecule has 4 heteroatoms. The highest BCUT2D eigenvalue weighted by atomic mass is 32.2. The third-order valence-corrected chi connectivity index (χ3v) is 6.56. The lowest BCUT2D eigenvalue weighted by Crippen LogP contribution is -2.29. The van der Waals surface area contributed by atoms with E-state index >= 15 is 0 Å². The maximum Gasteiger partial charge on any atom is 0.243 e. The highest BCUT2D eigenvalue weighted by Crippen LogP contribution is 2.31. The maximum atomic E-state index is 12.8. The van der Waals surface area contributed by atoms with Crippen LogP contribution in [0.25, 0.3) is 0 Å². The fraction of sp³-hybridized carbons (Fsp3) is 0.625. The summed E-state index contributed by atoms with van der Waals surface area (Å²) < 4.78 is 27.1. The molecule has 114 valence electrons. The molecule has 0 spiro atoms. The number of benzene rings is 1. The number of unbranched alkanes of at least 4 members (excludes halogenated alkanes) is 1. The maximum absolute atomic E-state index is 12.8. The zero-order valence-corrected chi connectivity index (χ0v) is 14.6. The summed E-state index contributed by atoms with van der Waals surface area (Å²) in [6.07, 6.45) is 1.88. The molecule has 1 rings (SSSR count). The minimum atomic E-state index is -3.40. The van der Waals surface area contributed by atoms with Gasteiger partial charge in [-0.25, -0.2) is 12.7 Å². The highest BCUT2D eigenvalue weighted by Gasteiger charge is 2.27. The fourth-order valence-corrected chi connectivity index (χ4v) is 4.27. The molecule has 0 bridgehead atoms. The molecule has 0 atom stereocenters. The Morgan fingerprint density at radius 2 is 1.25 bits per heavy atom. The molecular weight excluding hydrogens is 270 g/mol. The van der Waals surface area contributed by atoms with Gasteiger partial charge in [-0.05, 0) is 68.9 Å². The smallest absolute Gasteiger partial charge is 0.207 e. The number of sulfonamides is 1. The first kappa shape index (κ1) is 17.2. The molecule has 0 saturated carbocycles. The van der Waals surface area contributed by atoms with Gasteiger partial charge in [-0.3, -0.25) is 0 Å². The molecule has 1 aromatic rings. The first-order valence-corrected chi connectivity index (χ1v) is 8.63. The molecule has 0 unspecified atom stereocenters. The Morgan fingerprint density at radius 3 is 1.65 bits per heavy atom. The van der Waals surface area contributed by atoms with E-state index in [4.69, 9.17) is 0 Å². The van der Waals surface area contributed by atoms with Crippen LogP contribution in [-0.2, 0) is 10.0 Å². The largest absolute Gasteiger partial charge is 0.243 e. The van der Waals surface area contributed by atoms with Gasteiger partial charge in [0, 0.05) is 13.6 Å². The first-order valence-electron chi connectivity index (χ1n) is 7.19. The van der Waals surface area contributed by atoms with Crippen LogP contribution in [0.4, 0.5) is 0 Å². The van der Waals surface area contributed by atoms with Crippen molar-refractivity contribution >= 4 is 10.0 Å². The summed E-state index contributed by atoms with van der Waals surface area (Å²) in [5, 5.41) is 0. The lowest BCUT2D eigenvalue weighted by atomic mass is 9.95. The van der Waals surface area contributed by atoms with Crippen LogP contribution in [0, 0.1) is 34.6 Å². The van der Waals surface area contributed by atoms with E-state index in [1.807, 2.05) is 27.7 Å². The molecule has 0 aliphatic heterocycles. The zero-order chi connectivity index (χ0) is 15.7. The second kappa shape index (κ2) is 6.27. The Bertz CT molecular complexity index is 574. The van der Waals surface area contributed by atoms with Crippen LogP contribution >= 0.6 is 0 Å². The molecule has 0 radical (unpaired) electrons. The quantitative estimate of drug-likeness (QED) is 0.832. The van der Waals surface area contributed by atoms with E-state index < -0.39 is 10.0 Å². The molecule has 0 fully saturated rings. The lowest BCUT2D eigenvalue weighted by Gasteiger charge is -2.23. The van der Waals surface area contributed by atoms with E-state index in [1.165, 1.54) is 9.87 Å². The Morgan fingerprint density at radius 1 is 0.850 bits per heavy atom. The Balaban J connectivity index is 3.47. The molecule has 20 heavy (non-hydrogen) atoms. The van der Waals surface area contributed by atoms with Crippen LogP contribution in [0.1, 0.15) is 47.6 Å². The van der Waals surface area contributed by atoms with E-state index in [9.17, 15) is 8.42 Å². The van der Waals surface area contributed by atoms with Crippen molar-refractivity contribution in [2.24, 2.45) is 0 Å². The van der Waals surface area contributed by atoms with E-state index in [2.05, 4.69) is 13.8 Å². The summed E-state index contributed by atoms with van der Waals surface area (Å²) >= 11 is 0. The summed E-state index contributed by atoms with van der Waals surface area (Å²) in [4.78, 5) is 0.497. The van der Waals surface area contributed by atoms with Gasteiger partial charge in [0.15, 0.2) is 0 Å². The van der Waals surface area contributed by atoms with Gasteiger partial charge < -0.3 is 0 Å². The molecule has 0 saturated heterocycles. The van der Waals surface area contributed by atoms with E-state index in [1.54, 1.807) is 7.05 Å². The average molecular weight is 297 g/mol. The third kappa shape index (κ3) is 2.91. The van der Waals surface area contributed by atoms with Gasteiger partial charge in [-0.2, -0.15) is 0 Å². The molecule has 1 aromatic carbocycles. The Hall–Kier alpha value is -0.870. The van der Waals surface area contributed by atoms with Crippen LogP contribution in [0.3, 0.4) is 0 Å². The van der Waals surface area contributed by atoms with Crippen LogP contribution in [0.15, 0.2) is 4.90 Å². The van der Waals surface area contributed by atoms with Crippen molar-refractivity contribution < 1.29 is 8.42 Å². The normalized spacial score (nSPS) is 12.2. The number of rotatable bonds is 5. The number of hydrogen-bond donors (Lipinski definition) is 0. The van der Waals surface area contributed by atoms with Gasteiger partial charge in [0.05, 0.1) is 4.90 Å². The van der Waals surface area contributed by atoms with Crippen LogP contribution in [0.2, 0.25) is 0 Å². The molecule has 0 N–H and O–H groups in total. The fourth-order valence-electron chi connectivity index (χ4n) is 2.51. The molecule has 3 nitrogen and oxygen atoms in total. The first-order chi connectivity index (χ1) is 9.16. The summed E-state index contributed by atoms with van der Waals surface area (Å²) in [7, 11) is -1.73. The van der Waals surface area contributed by atoms with E-state index in [0.717, 1.165) is 35.1 Å². The van der Waals surface area contributed by atoms with Gasteiger partial charge in [-0.1, -0.05) is 13.3 Å². The topological polar surface area (TPSA) is 37.4 Å².